The average Bonchev–Trinajstić information content (AvgIpc) is 2.40. The largest absolute Gasteiger partial charge is 0.496 e. The van der Waals surface area contributed by atoms with Crippen LogP contribution in [0.1, 0.15) is 24.8 Å². The molecule has 1 aromatic carbocycles. The molecule has 3 nitrogen and oxygen atoms in total. The van der Waals surface area contributed by atoms with Gasteiger partial charge in [-0.2, -0.15) is 0 Å². The smallest absolute Gasteiger partial charge is 0.137 e. The molecule has 1 unspecified atom stereocenters. The van der Waals surface area contributed by atoms with E-state index >= 15 is 0 Å². The fourth-order valence-electron chi connectivity index (χ4n) is 2.46. The number of aldehydes is 1. The van der Waals surface area contributed by atoms with Crippen LogP contribution in [0.4, 0.5) is 0 Å². The molecule has 4 heteroatoms. The van der Waals surface area contributed by atoms with Crippen molar-refractivity contribution in [1.29, 1.82) is 0 Å². The van der Waals surface area contributed by atoms with Gasteiger partial charge in [-0.05, 0) is 37.6 Å². The average molecular weight is 312 g/mol. The Morgan fingerprint density at radius 1 is 1.50 bits per heavy atom. The van der Waals surface area contributed by atoms with Gasteiger partial charge in [0, 0.05) is 16.6 Å². The number of likely N-dealkylation sites (tertiary alicyclic amines) is 1. The van der Waals surface area contributed by atoms with Crippen LogP contribution < -0.4 is 4.74 Å². The molecule has 1 atom stereocenters. The summed E-state index contributed by atoms with van der Waals surface area (Å²) in [5.41, 5.74) is 1.13. The molecule has 1 aliphatic heterocycles. The summed E-state index contributed by atoms with van der Waals surface area (Å²) in [5.74, 6) is 0.883. The second kappa shape index (κ2) is 6.34. The van der Waals surface area contributed by atoms with Crippen molar-refractivity contribution in [1.82, 2.24) is 4.90 Å². The zero-order valence-electron chi connectivity index (χ0n) is 10.6. The van der Waals surface area contributed by atoms with Crippen molar-refractivity contribution in [3.8, 4) is 5.75 Å². The predicted octanol–water partition coefficient (Wildman–Crippen LogP) is 3.01. The van der Waals surface area contributed by atoms with Gasteiger partial charge in [-0.15, -0.1) is 0 Å². The summed E-state index contributed by atoms with van der Waals surface area (Å²) in [5, 5.41) is 0. The molecule has 0 radical (unpaired) electrons. The van der Waals surface area contributed by atoms with E-state index in [0.717, 1.165) is 48.0 Å². The van der Waals surface area contributed by atoms with Crippen LogP contribution in [0.25, 0.3) is 0 Å². The molecule has 1 heterocycles. The van der Waals surface area contributed by atoms with Crippen LogP contribution in [0, 0.1) is 0 Å². The Kier molecular flexibility index (Phi) is 4.78. The molecule has 0 amide bonds. The third-order valence-electron chi connectivity index (χ3n) is 3.44. The van der Waals surface area contributed by atoms with Crippen molar-refractivity contribution < 1.29 is 9.53 Å². The normalized spacial score (nSPS) is 20.7. The Balaban J connectivity index is 2.16. The number of carbonyl (C=O) groups is 1. The number of methoxy groups -OCH3 is 1. The van der Waals surface area contributed by atoms with Gasteiger partial charge in [0.25, 0.3) is 0 Å². The zero-order valence-corrected chi connectivity index (χ0v) is 12.1. The van der Waals surface area contributed by atoms with Gasteiger partial charge >= 0.3 is 0 Å². The molecular weight excluding hydrogens is 294 g/mol. The van der Waals surface area contributed by atoms with E-state index in [1.165, 1.54) is 6.42 Å². The predicted molar refractivity (Wildman–Crippen MR) is 74.8 cm³/mol. The minimum absolute atomic E-state index is 0.0578. The molecule has 0 aliphatic carbocycles. The van der Waals surface area contributed by atoms with Crippen LogP contribution >= 0.6 is 15.9 Å². The van der Waals surface area contributed by atoms with Crippen molar-refractivity contribution in [2.75, 3.05) is 13.7 Å². The molecule has 1 saturated heterocycles. The number of halogens is 1. The standard InChI is InChI=1S/C14H18BrNO2/c1-18-14-6-5-12(15)8-11(14)9-16-7-3-2-4-13(16)10-17/h5-6,8,10,13H,2-4,7,9H2,1H3. The lowest BCUT2D eigenvalue weighted by atomic mass is 10.0. The molecule has 0 saturated carbocycles. The van der Waals surface area contributed by atoms with Crippen molar-refractivity contribution in [3.63, 3.8) is 0 Å². The fraction of sp³-hybridized carbons (Fsp3) is 0.500. The van der Waals surface area contributed by atoms with Gasteiger partial charge in [0.2, 0.25) is 0 Å². The molecule has 0 aromatic heterocycles. The Morgan fingerprint density at radius 3 is 3.06 bits per heavy atom. The summed E-state index contributed by atoms with van der Waals surface area (Å²) in [4.78, 5) is 13.3. The quantitative estimate of drug-likeness (QED) is 0.801. The lowest BCUT2D eigenvalue weighted by Crippen LogP contribution is -2.39. The third-order valence-corrected chi connectivity index (χ3v) is 3.93. The highest BCUT2D eigenvalue weighted by Crippen LogP contribution is 2.26. The minimum Gasteiger partial charge on any atom is -0.496 e. The summed E-state index contributed by atoms with van der Waals surface area (Å²) < 4.78 is 6.41. The molecule has 1 aliphatic rings. The Bertz CT molecular complexity index is 422. The summed E-state index contributed by atoms with van der Waals surface area (Å²) in [7, 11) is 1.68. The van der Waals surface area contributed by atoms with Crippen LogP contribution in [-0.2, 0) is 11.3 Å². The molecule has 98 valence electrons. The lowest BCUT2D eigenvalue weighted by Gasteiger charge is -2.32. The number of nitrogens with zero attached hydrogens (tertiary/aromatic N) is 1. The van der Waals surface area contributed by atoms with Crippen LogP contribution in [0.2, 0.25) is 0 Å². The van der Waals surface area contributed by atoms with Gasteiger partial charge in [0.15, 0.2) is 0 Å². The van der Waals surface area contributed by atoms with Gasteiger partial charge in [-0.25, -0.2) is 0 Å². The number of benzene rings is 1. The monoisotopic (exact) mass is 311 g/mol. The van der Waals surface area contributed by atoms with E-state index in [-0.39, 0.29) is 6.04 Å². The molecule has 1 fully saturated rings. The SMILES string of the molecule is COc1ccc(Br)cc1CN1CCCCC1C=O. The number of piperidine rings is 1. The van der Waals surface area contributed by atoms with Crippen LogP contribution in [0.3, 0.4) is 0 Å². The first-order valence-electron chi connectivity index (χ1n) is 6.26. The number of hydrogen-bond donors (Lipinski definition) is 0. The van der Waals surface area contributed by atoms with E-state index < -0.39 is 0 Å². The van der Waals surface area contributed by atoms with E-state index in [0.29, 0.717) is 0 Å². The van der Waals surface area contributed by atoms with E-state index in [4.69, 9.17) is 4.74 Å². The molecule has 1 aromatic rings. The fourth-order valence-corrected chi connectivity index (χ4v) is 2.87. The van der Waals surface area contributed by atoms with Crippen molar-refractivity contribution in [2.45, 2.75) is 31.8 Å². The Morgan fingerprint density at radius 2 is 2.33 bits per heavy atom. The van der Waals surface area contributed by atoms with E-state index in [1.54, 1.807) is 7.11 Å². The Hall–Kier alpha value is -0.870. The highest BCUT2D eigenvalue weighted by atomic mass is 79.9. The molecule has 18 heavy (non-hydrogen) atoms. The van der Waals surface area contributed by atoms with Crippen molar-refractivity contribution >= 4 is 22.2 Å². The number of carbonyl (C=O) groups excluding carboxylic acids is 1. The Labute approximate surface area is 116 Å². The highest BCUT2D eigenvalue weighted by molar-refractivity contribution is 9.10. The third kappa shape index (κ3) is 3.12. The first-order valence-corrected chi connectivity index (χ1v) is 7.05. The van der Waals surface area contributed by atoms with Crippen LogP contribution in [0.5, 0.6) is 5.75 Å². The summed E-state index contributed by atoms with van der Waals surface area (Å²) in [6.07, 6.45) is 4.36. The maximum absolute atomic E-state index is 11.1. The number of rotatable bonds is 4. The van der Waals surface area contributed by atoms with E-state index in [2.05, 4.69) is 26.9 Å². The van der Waals surface area contributed by atoms with Gasteiger partial charge < -0.3 is 9.53 Å². The van der Waals surface area contributed by atoms with E-state index in [1.807, 2.05) is 12.1 Å². The van der Waals surface area contributed by atoms with Crippen molar-refractivity contribution in [3.05, 3.63) is 28.2 Å². The summed E-state index contributed by atoms with van der Waals surface area (Å²) in [6, 6.07) is 6.05. The highest BCUT2D eigenvalue weighted by Gasteiger charge is 2.22. The molecule has 0 bridgehead atoms. The first-order chi connectivity index (χ1) is 8.74. The minimum atomic E-state index is 0.0578. The molecule has 2 rings (SSSR count). The van der Waals surface area contributed by atoms with Crippen LogP contribution in [-0.4, -0.2) is 30.9 Å². The lowest BCUT2D eigenvalue weighted by molar-refractivity contribution is -0.113. The summed E-state index contributed by atoms with van der Waals surface area (Å²) >= 11 is 3.48. The van der Waals surface area contributed by atoms with E-state index in [9.17, 15) is 4.79 Å². The first kappa shape index (κ1) is 13.6. The topological polar surface area (TPSA) is 29.5 Å². The second-order valence-corrected chi connectivity index (χ2v) is 5.54. The molecule has 0 N–H and O–H groups in total. The zero-order chi connectivity index (χ0) is 13.0. The van der Waals surface area contributed by atoms with Crippen molar-refractivity contribution in [2.24, 2.45) is 0 Å². The van der Waals surface area contributed by atoms with Gasteiger partial charge in [0.1, 0.15) is 12.0 Å². The summed E-state index contributed by atoms with van der Waals surface area (Å²) in [6.45, 7) is 1.76. The second-order valence-electron chi connectivity index (χ2n) is 4.63. The van der Waals surface area contributed by atoms with Gasteiger partial charge in [-0.3, -0.25) is 4.90 Å². The number of hydrogen-bond acceptors (Lipinski definition) is 3. The maximum atomic E-state index is 11.1. The van der Waals surface area contributed by atoms with Crippen LogP contribution in [0.15, 0.2) is 22.7 Å². The maximum Gasteiger partial charge on any atom is 0.137 e. The number of ether oxygens (including phenoxy) is 1. The molecular formula is C14H18BrNO2. The van der Waals surface area contributed by atoms with Gasteiger partial charge in [0.05, 0.1) is 13.2 Å². The molecule has 0 spiro atoms. The van der Waals surface area contributed by atoms with Gasteiger partial charge in [-0.1, -0.05) is 22.4 Å².